The zero-order valence-corrected chi connectivity index (χ0v) is 21.9. The summed E-state index contributed by atoms with van der Waals surface area (Å²) in [5.74, 6) is 0.861. The van der Waals surface area contributed by atoms with Gasteiger partial charge in [0.2, 0.25) is 5.91 Å². The Morgan fingerprint density at radius 3 is 2.42 bits per heavy atom. The Morgan fingerprint density at radius 1 is 0.972 bits per heavy atom. The molecule has 1 N–H and O–H groups in total. The number of anilines is 1. The Labute approximate surface area is 222 Å². The molecule has 3 heterocycles. The summed E-state index contributed by atoms with van der Waals surface area (Å²) in [6, 6.07) is 13.5. The average molecular weight is 532 g/mol. The van der Waals surface area contributed by atoms with Crippen LogP contribution in [0.1, 0.15) is 10.4 Å². The minimum absolute atomic E-state index is 0. The van der Waals surface area contributed by atoms with E-state index < -0.39 is 0 Å². The van der Waals surface area contributed by atoms with Crippen molar-refractivity contribution in [3.63, 3.8) is 0 Å². The molecule has 5 rings (SSSR count). The lowest BCUT2D eigenvalue weighted by Gasteiger charge is -2.36. The summed E-state index contributed by atoms with van der Waals surface area (Å²) in [5, 5.41) is 4.67. The van der Waals surface area contributed by atoms with Gasteiger partial charge < -0.3 is 29.3 Å². The first-order chi connectivity index (χ1) is 17.0. The van der Waals surface area contributed by atoms with Crippen LogP contribution >= 0.6 is 24.0 Å². The van der Waals surface area contributed by atoms with Gasteiger partial charge in [-0.2, -0.15) is 0 Å². The van der Waals surface area contributed by atoms with E-state index in [4.69, 9.17) is 16.3 Å². The third-order valence-corrected chi connectivity index (χ3v) is 7.08. The average Bonchev–Trinajstić information content (AvgIpc) is 3.26. The lowest BCUT2D eigenvalue weighted by molar-refractivity contribution is -0.132. The number of hydrogen-bond acceptors (Lipinski definition) is 5. The van der Waals surface area contributed by atoms with Crippen molar-refractivity contribution in [3.05, 3.63) is 59.2 Å². The van der Waals surface area contributed by atoms with Gasteiger partial charge in [0, 0.05) is 69.0 Å². The normalized spacial score (nSPS) is 16.1. The number of hydrogen-bond donors (Lipinski definition) is 1. The van der Waals surface area contributed by atoms with Crippen LogP contribution in [-0.2, 0) is 11.3 Å². The number of carbonyl (C=O) groups is 2. The second-order valence-corrected chi connectivity index (χ2v) is 9.35. The molecule has 2 aliphatic heterocycles. The van der Waals surface area contributed by atoms with Crippen LogP contribution in [0.2, 0.25) is 5.02 Å². The van der Waals surface area contributed by atoms with E-state index in [2.05, 4.69) is 10.2 Å². The minimum Gasteiger partial charge on any atom is -0.495 e. The van der Waals surface area contributed by atoms with E-state index in [0.717, 1.165) is 48.5 Å². The lowest BCUT2D eigenvalue weighted by atomic mass is 10.1. The molecule has 8 nitrogen and oxygen atoms in total. The van der Waals surface area contributed by atoms with Crippen LogP contribution in [0.3, 0.4) is 0 Å². The molecule has 0 aliphatic carbocycles. The molecular formula is C26H31Cl2N5O3. The van der Waals surface area contributed by atoms with Gasteiger partial charge >= 0.3 is 0 Å². The summed E-state index contributed by atoms with van der Waals surface area (Å²) in [4.78, 5) is 32.5. The van der Waals surface area contributed by atoms with Gasteiger partial charge in [-0.3, -0.25) is 9.59 Å². The van der Waals surface area contributed by atoms with Gasteiger partial charge in [0.25, 0.3) is 5.91 Å². The number of benzene rings is 2. The maximum Gasteiger partial charge on any atom is 0.256 e. The molecule has 1 aromatic heterocycles. The molecule has 0 radical (unpaired) electrons. The highest BCUT2D eigenvalue weighted by atomic mass is 35.5. The fraction of sp³-hybridized carbons (Fsp3) is 0.385. The van der Waals surface area contributed by atoms with Crippen LogP contribution in [-0.4, -0.2) is 85.6 Å². The quantitative estimate of drug-likeness (QED) is 0.547. The number of para-hydroxylation sites is 2. The molecule has 192 valence electrons. The molecule has 2 aromatic carbocycles. The van der Waals surface area contributed by atoms with Crippen molar-refractivity contribution < 1.29 is 14.3 Å². The number of fused-ring (bicyclic) bond motifs is 1. The summed E-state index contributed by atoms with van der Waals surface area (Å²) >= 11 is 6.28. The van der Waals surface area contributed by atoms with Crippen molar-refractivity contribution in [2.45, 2.75) is 6.54 Å². The Hall–Kier alpha value is -2.94. The van der Waals surface area contributed by atoms with E-state index in [9.17, 15) is 9.59 Å². The van der Waals surface area contributed by atoms with Crippen molar-refractivity contribution >= 4 is 52.4 Å². The van der Waals surface area contributed by atoms with E-state index in [0.29, 0.717) is 36.8 Å². The Balaban J connectivity index is 0.00000304. The standard InChI is InChI=1S/C26H30ClN5O3.ClH/c1-35-24-5-3-2-4-22(24)29-12-14-31(15-13-29)26(34)21-17-32(23-16-19(27)6-7-20(21)23)18-25(33)30-10-8-28-9-11-30;/h2-7,16-17,28H,8-15,18H2,1H3;1H. The van der Waals surface area contributed by atoms with Gasteiger partial charge in [-0.1, -0.05) is 29.8 Å². The zero-order chi connectivity index (χ0) is 24.4. The fourth-order valence-electron chi connectivity index (χ4n) is 4.94. The third kappa shape index (κ3) is 5.26. The van der Waals surface area contributed by atoms with E-state index in [1.54, 1.807) is 13.2 Å². The number of halogens is 2. The van der Waals surface area contributed by atoms with Gasteiger partial charge in [0.1, 0.15) is 12.3 Å². The number of carbonyl (C=O) groups excluding carboxylic acids is 2. The number of piperazine rings is 2. The topological polar surface area (TPSA) is 70.0 Å². The number of amides is 2. The molecule has 10 heteroatoms. The van der Waals surface area contributed by atoms with Crippen LogP contribution < -0.4 is 15.0 Å². The van der Waals surface area contributed by atoms with E-state index >= 15 is 0 Å². The molecule has 2 aliphatic rings. The van der Waals surface area contributed by atoms with Gasteiger partial charge in [-0.15, -0.1) is 12.4 Å². The van der Waals surface area contributed by atoms with Crippen LogP contribution in [0.15, 0.2) is 48.7 Å². The minimum atomic E-state index is -0.0228. The molecule has 2 fully saturated rings. The number of rotatable bonds is 5. The monoisotopic (exact) mass is 531 g/mol. The molecule has 0 spiro atoms. The van der Waals surface area contributed by atoms with Crippen LogP contribution in [0.4, 0.5) is 5.69 Å². The zero-order valence-electron chi connectivity index (χ0n) is 20.3. The van der Waals surface area contributed by atoms with Gasteiger partial charge in [0.05, 0.1) is 23.9 Å². The summed E-state index contributed by atoms with van der Waals surface area (Å²) < 4.78 is 7.37. The molecule has 36 heavy (non-hydrogen) atoms. The molecular weight excluding hydrogens is 501 g/mol. The lowest BCUT2D eigenvalue weighted by Crippen LogP contribution is -2.48. The van der Waals surface area contributed by atoms with E-state index in [-0.39, 0.29) is 30.8 Å². The highest BCUT2D eigenvalue weighted by Crippen LogP contribution is 2.30. The Morgan fingerprint density at radius 2 is 1.69 bits per heavy atom. The molecule has 0 atom stereocenters. The van der Waals surface area contributed by atoms with Crippen LogP contribution in [0.25, 0.3) is 10.9 Å². The van der Waals surface area contributed by atoms with Gasteiger partial charge in [-0.25, -0.2) is 0 Å². The van der Waals surface area contributed by atoms with Gasteiger partial charge in [-0.05, 0) is 24.3 Å². The van der Waals surface area contributed by atoms with Gasteiger partial charge in [0.15, 0.2) is 0 Å². The smallest absolute Gasteiger partial charge is 0.256 e. The third-order valence-electron chi connectivity index (χ3n) is 6.84. The highest BCUT2D eigenvalue weighted by Gasteiger charge is 2.27. The number of nitrogens with one attached hydrogen (secondary N) is 1. The SMILES string of the molecule is COc1ccccc1N1CCN(C(=O)c2cn(CC(=O)N3CCNCC3)c3cc(Cl)ccc23)CC1.Cl. The predicted molar refractivity (Wildman–Crippen MR) is 145 cm³/mol. The van der Waals surface area contributed by atoms with Crippen LogP contribution in [0, 0.1) is 0 Å². The van der Waals surface area contributed by atoms with Crippen molar-refractivity contribution in [1.82, 2.24) is 19.7 Å². The van der Waals surface area contributed by atoms with E-state index in [1.165, 1.54) is 0 Å². The molecule has 0 bridgehead atoms. The fourth-order valence-corrected chi connectivity index (χ4v) is 5.10. The largest absolute Gasteiger partial charge is 0.495 e. The number of aromatic nitrogens is 1. The van der Waals surface area contributed by atoms with Crippen molar-refractivity contribution in [2.75, 3.05) is 64.4 Å². The summed E-state index contributed by atoms with van der Waals surface area (Å²) in [5.41, 5.74) is 2.45. The summed E-state index contributed by atoms with van der Waals surface area (Å²) in [6.07, 6.45) is 1.82. The van der Waals surface area contributed by atoms with Crippen LogP contribution in [0.5, 0.6) is 5.75 Å². The Bertz CT molecular complexity index is 1230. The predicted octanol–water partition coefficient (Wildman–Crippen LogP) is 3.12. The second-order valence-electron chi connectivity index (χ2n) is 8.91. The summed E-state index contributed by atoms with van der Waals surface area (Å²) in [7, 11) is 1.67. The molecule has 0 unspecified atom stereocenters. The second kappa shape index (κ2) is 11.4. The first kappa shape index (κ1) is 26.1. The number of ether oxygens (including phenoxy) is 1. The molecule has 0 saturated carbocycles. The van der Waals surface area contributed by atoms with Crippen molar-refractivity contribution in [3.8, 4) is 5.75 Å². The Kier molecular flexibility index (Phi) is 8.28. The first-order valence-electron chi connectivity index (χ1n) is 12.0. The molecule has 2 saturated heterocycles. The maximum atomic E-state index is 13.6. The first-order valence-corrected chi connectivity index (χ1v) is 12.4. The summed E-state index contributed by atoms with van der Waals surface area (Å²) in [6.45, 7) is 5.83. The number of methoxy groups -OCH3 is 1. The highest BCUT2D eigenvalue weighted by molar-refractivity contribution is 6.31. The van der Waals surface area contributed by atoms with E-state index in [1.807, 2.05) is 57.0 Å². The van der Waals surface area contributed by atoms with Crippen molar-refractivity contribution in [2.24, 2.45) is 0 Å². The maximum absolute atomic E-state index is 13.6. The van der Waals surface area contributed by atoms with Crippen molar-refractivity contribution in [1.29, 1.82) is 0 Å². The molecule has 2 amide bonds. The molecule has 3 aromatic rings. The number of nitrogens with zero attached hydrogens (tertiary/aromatic N) is 4.